The fraction of sp³-hybridized carbons (Fsp3) is 0.0833. The minimum Gasteiger partial charge on any atom is -0.435 e. The molecule has 0 bridgehead atoms. The number of benzene rings is 1. The van der Waals surface area contributed by atoms with Crippen molar-refractivity contribution in [1.82, 2.24) is 4.98 Å². The van der Waals surface area contributed by atoms with Crippen molar-refractivity contribution in [2.75, 3.05) is 0 Å². The molecule has 0 spiro atoms. The Kier molecular flexibility index (Phi) is 3.75. The van der Waals surface area contributed by atoms with E-state index in [0.29, 0.717) is 4.47 Å². The largest absolute Gasteiger partial charge is 0.435 e. The van der Waals surface area contributed by atoms with Gasteiger partial charge in [-0.2, -0.15) is 0 Å². The van der Waals surface area contributed by atoms with Gasteiger partial charge in [0, 0.05) is 12.3 Å². The number of halogens is 2. The summed E-state index contributed by atoms with van der Waals surface area (Å²) in [5, 5.41) is 10.5. The molecule has 7 heteroatoms. The molecule has 19 heavy (non-hydrogen) atoms. The van der Waals surface area contributed by atoms with Crippen LogP contribution in [0.15, 0.2) is 34.9 Å². The second kappa shape index (κ2) is 5.31. The summed E-state index contributed by atoms with van der Waals surface area (Å²) in [5.74, 6) is -0.735. The summed E-state index contributed by atoms with van der Waals surface area (Å²) >= 11 is 3.28. The van der Waals surface area contributed by atoms with E-state index in [1.807, 2.05) is 6.92 Å². The SMILES string of the molecule is Cc1ccnc(Oc2ccc([N+](=O)[O-])cc2F)c1Br. The average Bonchev–Trinajstić information content (AvgIpc) is 2.37. The smallest absolute Gasteiger partial charge is 0.272 e. The van der Waals surface area contributed by atoms with Crippen LogP contribution in [-0.2, 0) is 0 Å². The van der Waals surface area contributed by atoms with Crippen molar-refractivity contribution < 1.29 is 14.1 Å². The highest BCUT2D eigenvalue weighted by Gasteiger charge is 2.14. The molecule has 0 N–H and O–H groups in total. The van der Waals surface area contributed by atoms with E-state index in [4.69, 9.17) is 4.74 Å². The fourth-order valence-corrected chi connectivity index (χ4v) is 1.69. The van der Waals surface area contributed by atoms with E-state index in [-0.39, 0.29) is 17.3 Å². The molecule has 1 heterocycles. The Morgan fingerprint density at radius 3 is 2.79 bits per heavy atom. The summed E-state index contributed by atoms with van der Waals surface area (Å²) in [6, 6.07) is 4.94. The molecule has 1 aromatic carbocycles. The van der Waals surface area contributed by atoms with Crippen molar-refractivity contribution in [1.29, 1.82) is 0 Å². The lowest BCUT2D eigenvalue weighted by Gasteiger charge is -2.08. The molecule has 0 aliphatic rings. The average molecular weight is 327 g/mol. The van der Waals surface area contributed by atoms with Gasteiger partial charge >= 0.3 is 0 Å². The van der Waals surface area contributed by atoms with Crippen molar-refractivity contribution in [2.24, 2.45) is 0 Å². The third kappa shape index (κ3) is 2.87. The van der Waals surface area contributed by atoms with Crippen LogP contribution in [0.25, 0.3) is 0 Å². The van der Waals surface area contributed by atoms with Gasteiger partial charge in [-0.1, -0.05) is 0 Å². The number of hydrogen-bond donors (Lipinski definition) is 0. The number of hydrogen-bond acceptors (Lipinski definition) is 4. The van der Waals surface area contributed by atoms with Crippen LogP contribution in [-0.4, -0.2) is 9.91 Å². The molecule has 0 saturated carbocycles. The predicted molar refractivity (Wildman–Crippen MR) is 69.8 cm³/mol. The van der Waals surface area contributed by atoms with Gasteiger partial charge in [-0.15, -0.1) is 0 Å². The van der Waals surface area contributed by atoms with Crippen LogP contribution in [0.1, 0.15) is 5.56 Å². The zero-order valence-corrected chi connectivity index (χ0v) is 11.3. The molecule has 2 rings (SSSR count). The van der Waals surface area contributed by atoms with Crippen LogP contribution >= 0.6 is 15.9 Å². The zero-order chi connectivity index (χ0) is 14.0. The number of ether oxygens (including phenoxy) is 1. The topological polar surface area (TPSA) is 65.3 Å². The minimum absolute atomic E-state index is 0.121. The van der Waals surface area contributed by atoms with E-state index in [1.165, 1.54) is 18.3 Å². The molecular formula is C12H8BrFN2O3. The molecule has 0 unspecified atom stereocenters. The van der Waals surface area contributed by atoms with Gasteiger partial charge in [0.25, 0.3) is 5.69 Å². The third-order valence-corrected chi connectivity index (χ3v) is 3.35. The Bertz CT molecular complexity index is 649. The van der Waals surface area contributed by atoms with Gasteiger partial charge in [0.15, 0.2) is 11.6 Å². The van der Waals surface area contributed by atoms with Gasteiger partial charge in [-0.05, 0) is 40.5 Å². The first-order chi connectivity index (χ1) is 8.99. The lowest BCUT2D eigenvalue weighted by Crippen LogP contribution is -1.95. The predicted octanol–water partition coefficient (Wildman–Crippen LogP) is 3.99. The summed E-state index contributed by atoms with van der Waals surface area (Å²) < 4.78 is 19.6. The number of nitro groups is 1. The second-order valence-electron chi connectivity index (χ2n) is 3.72. The van der Waals surface area contributed by atoms with Crippen LogP contribution in [0.5, 0.6) is 11.6 Å². The van der Waals surface area contributed by atoms with Crippen LogP contribution in [0.2, 0.25) is 0 Å². The molecular weight excluding hydrogens is 319 g/mol. The number of rotatable bonds is 3. The number of pyridine rings is 1. The number of non-ortho nitro benzene ring substituents is 1. The van der Waals surface area contributed by atoms with Gasteiger partial charge in [0.2, 0.25) is 5.88 Å². The lowest BCUT2D eigenvalue weighted by atomic mass is 10.3. The number of aryl methyl sites for hydroxylation is 1. The first kappa shape index (κ1) is 13.4. The molecule has 0 fully saturated rings. The highest BCUT2D eigenvalue weighted by atomic mass is 79.9. The molecule has 0 aliphatic carbocycles. The van der Waals surface area contributed by atoms with E-state index in [9.17, 15) is 14.5 Å². The summed E-state index contributed by atoms with van der Waals surface area (Å²) in [7, 11) is 0. The second-order valence-corrected chi connectivity index (χ2v) is 4.51. The normalized spacial score (nSPS) is 10.3. The van der Waals surface area contributed by atoms with Gasteiger partial charge in [-0.3, -0.25) is 10.1 Å². The Hall–Kier alpha value is -2.02. The summed E-state index contributed by atoms with van der Waals surface area (Å²) in [5.41, 5.74) is 0.549. The van der Waals surface area contributed by atoms with Crippen molar-refractivity contribution in [3.8, 4) is 11.6 Å². The fourth-order valence-electron chi connectivity index (χ4n) is 1.38. The molecule has 5 nitrogen and oxygen atoms in total. The van der Waals surface area contributed by atoms with E-state index >= 15 is 0 Å². The highest BCUT2D eigenvalue weighted by Crippen LogP contribution is 2.32. The molecule has 1 aromatic heterocycles. The van der Waals surface area contributed by atoms with Gasteiger partial charge in [-0.25, -0.2) is 9.37 Å². The first-order valence-corrected chi connectivity index (χ1v) is 6.01. The molecule has 0 saturated heterocycles. The van der Waals surface area contributed by atoms with Crippen molar-refractivity contribution >= 4 is 21.6 Å². The first-order valence-electron chi connectivity index (χ1n) is 5.22. The lowest BCUT2D eigenvalue weighted by molar-refractivity contribution is -0.385. The number of nitrogens with zero attached hydrogens (tertiary/aromatic N) is 2. The quantitative estimate of drug-likeness (QED) is 0.631. The summed E-state index contributed by atoms with van der Waals surface area (Å²) in [6.07, 6.45) is 1.53. The van der Waals surface area contributed by atoms with E-state index in [2.05, 4.69) is 20.9 Å². The van der Waals surface area contributed by atoms with Crippen LogP contribution < -0.4 is 4.74 Å². The van der Waals surface area contributed by atoms with E-state index in [0.717, 1.165) is 11.6 Å². The maximum atomic E-state index is 13.7. The van der Waals surface area contributed by atoms with Crippen molar-refractivity contribution in [3.05, 3.63) is 56.4 Å². The van der Waals surface area contributed by atoms with E-state index < -0.39 is 10.7 Å². The van der Waals surface area contributed by atoms with Gasteiger partial charge in [0.1, 0.15) is 0 Å². The summed E-state index contributed by atoms with van der Waals surface area (Å²) in [6.45, 7) is 1.84. The van der Waals surface area contributed by atoms with E-state index in [1.54, 1.807) is 6.07 Å². The van der Waals surface area contributed by atoms with Crippen LogP contribution in [0.4, 0.5) is 10.1 Å². The summed E-state index contributed by atoms with van der Waals surface area (Å²) in [4.78, 5) is 13.8. The van der Waals surface area contributed by atoms with Crippen molar-refractivity contribution in [3.63, 3.8) is 0 Å². The van der Waals surface area contributed by atoms with Crippen LogP contribution in [0.3, 0.4) is 0 Å². The van der Waals surface area contributed by atoms with Gasteiger partial charge in [0.05, 0.1) is 15.5 Å². The Balaban J connectivity index is 2.34. The molecule has 0 atom stereocenters. The molecule has 0 radical (unpaired) electrons. The van der Waals surface area contributed by atoms with Crippen molar-refractivity contribution in [2.45, 2.75) is 6.92 Å². The maximum absolute atomic E-state index is 13.7. The van der Waals surface area contributed by atoms with Gasteiger partial charge < -0.3 is 4.74 Å². The molecule has 0 amide bonds. The molecule has 2 aromatic rings. The third-order valence-electron chi connectivity index (χ3n) is 2.38. The minimum atomic E-state index is -0.815. The Labute approximate surface area is 116 Å². The standard InChI is InChI=1S/C12H8BrFN2O3/c1-7-4-5-15-12(11(7)13)19-10-3-2-8(16(17)18)6-9(10)14/h2-6H,1H3. The highest BCUT2D eigenvalue weighted by molar-refractivity contribution is 9.10. The maximum Gasteiger partial charge on any atom is 0.272 e. The zero-order valence-electron chi connectivity index (χ0n) is 9.76. The van der Waals surface area contributed by atoms with Crippen LogP contribution in [0, 0.1) is 22.9 Å². The number of nitro benzene ring substituents is 1. The Morgan fingerprint density at radius 1 is 1.42 bits per heavy atom. The molecule has 0 aliphatic heterocycles. The number of aromatic nitrogens is 1. The monoisotopic (exact) mass is 326 g/mol. The Morgan fingerprint density at radius 2 is 2.16 bits per heavy atom. The molecule has 98 valence electrons.